The van der Waals surface area contributed by atoms with Crippen LogP contribution in [0.5, 0.6) is 0 Å². The summed E-state index contributed by atoms with van der Waals surface area (Å²) in [5, 5.41) is 25.1. The molecule has 10 heteroatoms. The number of hydrogen-bond donors (Lipinski definition) is 6. The molecule has 3 rings (SSSR count). The van der Waals surface area contributed by atoms with E-state index in [4.69, 9.17) is 11.6 Å². The van der Waals surface area contributed by atoms with Gasteiger partial charge in [0.15, 0.2) is 0 Å². The second-order valence-corrected chi connectivity index (χ2v) is 8.68. The van der Waals surface area contributed by atoms with Gasteiger partial charge in [0.25, 0.3) is 0 Å². The van der Waals surface area contributed by atoms with Crippen molar-refractivity contribution in [1.82, 2.24) is 15.8 Å². The van der Waals surface area contributed by atoms with Crippen molar-refractivity contribution in [2.75, 3.05) is 19.6 Å². The molecule has 3 fully saturated rings. The van der Waals surface area contributed by atoms with Crippen LogP contribution in [0.25, 0.3) is 0 Å². The molecule has 2 saturated heterocycles. The van der Waals surface area contributed by atoms with Crippen molar-refractivity contribution < 1.29 is 19.8 Å². The molecule has 0 aromatic heterocycles. The van der Waals surface area contributed by atoms with Gasteiger partial charge in [-0.25, -0.2) is 11.4 Å². The van der Waals surface area contributed by atoms with Gasteiger partial charge in [-0.3, -0.25) is 14.5 Å². The lowest BCUT2D eigenvalue weighted by atomic mass is 9.71. The number of fused-ring (bicyclic) bond motifs is 1. The van der Waals surface area contributed by atoms with Gasteiger partial charge in [0.1, 0.15) is 11.9 Å². The van der Waals surface area contributed by atoms with E-state index in [2.05, 4.69) is 20.9 Å². The highest BCUT2D eigenvalue weighted by molar-refractivity contribution is 5.79. The third-order valence-electron chi connectivity index (χ3n) is 6.61. The van der Waals surface area contributed by atoms with Crippen molar-refractivity contribution in [2.24, 2.45) is 34.4 Å². The average Bonchev–Trinajstić information content (AvgIpc) is 2.74. The molecule has 172 valence electrons. The quantitative estimate of drug-likeness (QED) is 0.154. The molecule has 2 aliphatic heterocycles. The van der Waals surface area contributed by atoms with Crippen molar-refractivity contribution in [1.29, 1.82) is 0 Å². The molecule has 5 atom stereocenters. The van der Waals surface area contributed by atoms with Crippen molar-refractivity contribution in [3.05, 3.63) is 0 Å². The average molecular weight is 427 g/mol. The molecule has 1 saturated carbocycles. The number of rotatable bonds is 6. The number of nitrogens with two attached hydrogens (primary N) is 2. The number of piperidine rings is 2. The van der Waals surface area contributed by atoms with Crippen LogP contribution in [0.3, 0.4) is 0 Å². The van der Waals surface area contributed by atoms with Crippen LogP contribution in [0.1, 0.15) is 58.3 Å². The van der Waals surface area contributed by atoms with Crippen molar-refractivity contribution >= 4 is 17.8 Å². The van der Waals surface area contributed by atoms with Gasteiger partial charge in [-0.2, -0.15) is 5.10 Å². The van der Waals surface area contributed by atoms with E-state index < -0.39 is 18.0 Å². The molecule has 0 bridgehead atoms. The smallest absolute Gasteiger partial charge is 0.320 e. The summed E-state index contributed by atoms with van der Waals surface area (Å²) in [5.74, 6) is 4.80. The molecule has 1 aliphatic carbocycles. The van der Waals surface area contributed by atoms with Gasteiger partial charge in [0.05, 0.1) is 5.92 Å². The van der Waals surface area contributed by atoms with Crippen molar-refractivity contribution in [3.8, 4) is 0 Å². The van der Waals surface area contributed by atoms with Crippen LogP contribution in [0.2, 0.25) is 0 Å². The maximum atomic E-state index is 11.2. The second-order valence-electron chi connectivity index (χ2n) is 8.68. The zero-order valence-corrected chi connectivity index (χ0v) is 17.9. The van der Waals surface area contributed by atoms with E-state index in [0.29, 0.717) is 36.7 Å². The number of nitrogens with one attached hydrogen (secondary N) is 2. The van der Waals surface area contributed by atoms with Crippen LogP contribution in [0.15, 0.2) is 5.10 Å². The van der Waals surface area contributed by atoms with Crippen molar-refractivity contribution in [3.63, 3.8) is 0 Å². The summed E-state index contributed by atoms with van der Waals surface area (Å²) in [6, 6.07) is 0.0315. The summed E-state index contributed by atoms with van der Waals surface area (Å²) in [6.45, 7) is 4.50. The Morgan fingerprint density at radius 3 is 2.57 bits per heavy atom. The molecular weight excluding hydrogens is 388 g/mol. The van der Waals surface area contributed by atoms with Crippen LogP contribution >= 0.6 is 0 Å². The zero-order chi connectivity index (χ0) is 22.1. The zero-order valence-electron chi connectivity index (χ0n) is 17.9. The Morgan fingerprint density at radius 2 is 1.93 bits per heavy atom. The lowest BCUT2D eigenvalue weighted by Crippen LogP contribution is -2.53. The van der Waals surface area contributed by atoms with Crippen molar-refractivity contribution in [2.45, 2.75) is 70.4 Å². The molecule has 0 aromatic carbocycles. The number of aliphatic carboxylic acids is 2. The Labute approximate surface area is 178 Å². The van der Waals surface area contributed by atoms with E-state index in [1.165, 1.54) is 0 Å². The first-order chi connectivity index (χ1) is 14.3. The van der Waals surface area contributed by atoms with Gasteiger partial charge in [-0.1, -0.05) is 6.92 Å². The molecular formula is C20H38N6O4. The van der Waals surface area contributed by atoms with E-state index in [9.17, 15) is 19.8 Å². The summed E-state index contributed by atoms with van der Waals surface area (Å²) in [6.07, 6.45) is 7.53. The third kappa shape index (κ3) is 7.10. The molecule has 8 N–H and O–H groups in total. The maximum Gasteiger partial charge on any atom is 0.320 e. The Hall–Kier alpha value is -1.91. The number of carboxylic acid groups (broad SMARTS) is 2. The molecule has 0 spiro atoms. The van der Waals surface area contributed by atoms with Crippen LogP contribution in [0.4, 0.5) is 0 Å². The normalized spacial score (nSPS) is 32.3. The van der Waals surface area contributed by atoms with Crippen LogP contribution in [-0.2, 0) is 9.59 Å². The van der Waals surface area contributed by atoms with E-state index >= 15 is 0 Å². The Morgan fingerprint density at radius 1 is 1.17 bits per heavy atom. The van der Waals surface area contributed by atoms with Gasteiger partial charge in [-0.15, -0.1) is 0 Å². The molecule has 10 nitrogen and oxygen atoms in total. The largest absolute Gasteiger partial charge is 0.481 e. The van der Waals surface area contributed by atoms with E-state index in [-0.39, 0.29) is 5.92 Å². The topological polar surface area (TPSA) is 166 Å². The van der Waals surface area contributed by atoms with Crippen LogP contribution < -0.4 is 22.4 Å². The number of carboxylic acids is 2. The summed E-state index contributed by atoms with van der Waals surface area (Å²) in [5.41, 5.74) is 7.42. The predicted molar refractivity (Wildman–Crippen MR) is 114 cm³/mol. The van der Waals surface area contributed by atoms with Gasteiger partial charge >= 0.3 is 11.9 Å². The second kappa shape index (κ2) is 12.1. The number of likely N-dealkylation sites (tertiary alicyclic amines) is 1. The number of nitrogens with zero attached hydrogens (tertiary/aromatic N) is 2. The fourth-order valence-corrected chi connectivity index (χ4v) is 4.99. The SMILES string of the molecule is CCC/C(N)=N/NN.O=C(O)C1CCCN(C2CCC3CNC(C(=O)O)CC3C2)C1. The standard InChI is InChI=1S/C16H26N2O4.C4H12N4/c19-15(20)11-2-1-5-18(9-11)13-4-3-10-8-17-14(16(21)22)7-12(10)6-13;1-2-3-4(5)7-8-6/h10-14,17H,1-9H2,(H,19,20)(H,21,22);8H,2-3,6H2,1H3,(H2,5,7). The Bertz CT molecular complexity index is 586. The molecule has 0 radical (unpaired) electrons. The first-order valence-corrected chi connectivity index (χ1v) is 11.1. The molecule has 2 heterocycles. The fraction of sp³-hybridized carbons (Fsp3) is 0.850. The van der Waals surface area contributed by atoms with E-state index in [0.717, 1.165) is 58.0 Å². The molecule has 3 aliphatic rings. The molecule has 5 unspecified atom stereocenters. The minimum Gasteiger partial charge on any atom is -0.481 e. The first-order valence-electron chi connectivity index (χ1n) is 11.1. The fourth-order valence-electron chi connectivity index (χ4n) is 4.99. The van der Waals surface area contributed by atoms with Crippen LogP contribution in [0, 0.1) is 17.8 Å². The minimum atomic E-state index is -0.746. The summed E-state index contributed by atoms with van der Waals surface area (Å²) in [7, 11) is 0. The highest BCUT2D eigenvalue weighted by Crippen LogP contribution is 2.38. The number of amidine groups is 1. The summed E-state index contributed by atoms with van der Waals surface area (Å²) in [4.78, 5) is 24.8. The van der Waals surface area contributed by atoms with E-state index in [1.807, 2.05) is 6.92 Å². The third-order valence-corrected chi connectivity index (χ3v) is 6.61. The number of hydrazone groups is 1. The van der Waals surface area contributed by atoms with Gasteiger partial charge in [0.2, 0.25) is 0 Å². The molecule has 30 heavy (non-hydrogen) atoms. The van der Waals surface area contributed by atoms with Crippen LogP contribution in [-0.4, -0.2) is 64.6 Å². The summed E-state index contributed by atoms with van der Waals surface area (Å²) < 4.78 is 0. The lowest BCUT2D eigenvalue weighted by molar-refractivity contribution is -0.145. The first kappa shape index (κ1) is 24.4. The van der Waals surface area contributed by atoms with E-state index in [1.54, 1.807) is 0 Å². The highest BCUT2D eigenvalue weighted by atomic mass is 16.4. The number of hydrogen-bond acceptors (Lipinski definition) is 7. The highest BCUT2D eigenvalue weighted by Gasteiger charge is 2.40. The molecule has 0 aromatic rings. The number of hydrazine groups is 1. The molecule has 0 amide bonds. The van der Waals surface area contributed by atoms with Gasteiger partial charge in [-0.05, 0) is 69.9 Å². The predicted octanol–water partition coefficient (Wildman–Crippen LogP) is 0.536. The maximum absolute atomic E-state index is 11.2. The Balaban J connectivity index is 0.000000343. The minimum absolute atomic E-state index is 0.230. The number of carbonyl (C=O) groups is 2. The van der Waals surface area contributed by atoms with Gasteiger partial charge < -0.3 is 21.3 Å². The Kier molecular flexibility index (Phi) is 9.80. The lowest BCUT2D eigenvalue weighted by Gasteiger charge is -2.46. The monoisotopic (exact) mass is 426 g/mol. The summed E-state index contributed by atoms with van der Waals surface area (Å²) >= 11 is 0. The van der Waals surface area contributed by atoms with Gasteiger partial charge in [0, 0.05) is 19.0 Å².